The van der Waals surface area contributed by atoms with Gasteiger partial charge in [0.25, 0.3) is 0 Å². The fourth-order valence-electron chi connectivity index (χ4n) is 2.38. The molecule has 0 atom stereocenters. The van der Waals surface area contributed by atoms with Gasteiger partial charge in [0.1, 0.15) is 6.61 Å². The highest BCUT2D eigenvalue weighted by Gasteiger charge is 2.20. The number of hydrogen-bond donors (Lipinski definition) is 1. The zero-order valence-corrected chi connectivity index (χ0v) is 15.2. The second-order valence-electron chi connectivity index (χ2n) is 6.00. The lowest BCUT2D eigenvalue weighted by Gasteiger charge is -2.10. The number of nitrogens with two attached hydrogens (primary N) is 1. The normalized spacial score (nSPS) is 11.3. The van der Waals surface area contributed by atoms with Crippen LogP contribution >= 0.6 is 0 Å². The largest absolute Gasteiger partial charge is 0.483 e. The molecule has 0 saturated carbocycles. The van der Waals surface area contributed by atoms with E-state index in [1.54, 1.807) is 30.3 Å². The maximum Gasteiger partial charge on any atom is 0.365 e. The molecule has 3 aromatic carbocycles. The Morgan fingerprint density at radius 1 is 0.867 bits per heavy atom. The summed E-state index contributed by atoms with van der Waals surface area (Å²) in [5.74, 6) is -8.35. The number of hydrogen-bond acceptors (Lipinski definition) is 4. The van der Waals surface area contributed by atoms with Gasteiger partial charge in [0.05, 0.1) is 5.56 Å². The van der Waals surface area contributed by atoms with E-state index >= 15 is 0 Å². The summed E-state index contributed by atoms with van der Waals surface area (Å²) in [6.45, 7) is -0.398. The first-order valence-electron chi connectivity index (χ1n) is 8.51. The molecule has 0 unspecified atom stereocenters. The van der Waals surface area contributed by atoms with E-state index in [1.165, 1.54) is 24.3 Å². The van der Waals surface area contributed by atoms with Crippen LogP contribution in [0.25, 0.3) is 0 Å². The number of carbonyl (C=O) groups excluding carboxylic acids is 1. The second kappa shape index (κ2) is 9.08. The first-order valence-corrected chi connectivity index (χ1v) is 8.51. The second-order valence-corrected chi connectivity index (χ2v) is 6.00. The third-order valence-corrected chi connectivity index (χ3v) is 3.94. The fraction of sp³-hybridized carbons (Fsp3) is 0.0476. The first kappa shape index (κ1) is 20.8. The summed E-state index contributed by atoms with van der Waals surface area (Å²) in [4.78, 5) is 16.8. The minimum atomic E-state index is -1.64. The van der Waals surface area contributed by atoms with Gasteiger partial charge in [0.2, 0.25) is 11.6 Å². The number of nitrogens with zero attached hydrogens (tertiary/aromatic N) is 1. The van der Waals surface area contributed by atoms with Gasteiger partial charge < -0.3 is 15.3 Å². The minimum absolute atomic E-state index is 0.0142. The quantitative estimate of drug-likeness (QED) is 0.162. The predicted molar refractivity (Wildman–Crippen MR) is 99.6 cm³/mol. The first-order chi connectivity index (χ1) is 14.4. The van der Waals surface area contributed by atoms with Crippen LogP contribution in [0, 0.1) is 23.3 Å². The van der Waals surface area contributed by atoms with Gasteiger partial charge in [-0.3, -0.25) is 0 Å². The Hall–Kier alpha value is -3.88. The van der Waals surface area contributed by atoms with E-state index in [-0.39, 0.29) is 17.5 Å². The molecule has 0 spiro atoms. The van der Waals surface area contributed by atoms with E-state index in [2.05, 4.69) is 5.16 Å². The lowest BCUT2D eigenvalue weighted by Crippen LogP contribution is -2.15. The van der Waals surface area contributed by atoms with Crippen LogP contribution < -0.4 is 10.5 Å². The number of amidine groups is 1. The number of carbonyl (C=O) groups is 1. The number of benzene rings is 3. The molecule has 3 aromatic rings. The molecule has 0 aliphatic rings. The molecule has 2 N–H and O–H groups in total. The Kier molecular flexibility index (Phi) is 6.31. The summed E-state index contributed by atoms with van der Waals surface area (Å²) in [7, 11) is 0. The van der Waals surface area contributed by atoms with Crippen molar-refractivity contribution in [2.45, 2.75) is 6.61 Å². The molecule has 0 aliphatic carbocycles. The Morgan fingerprint density at radius 3 is 2.07 bits per heavy atom. The van der Waals surface area contributed by atoms with E-state index in [4.69, 9.17) is 15.3 Å². The van der Waals surface area contributed by atoms with E-state index < -0.39 is 41.6 Å². The van der Waals surface area contributed by atoms with Crippen molar-refractivity contribution in [2.75, 3.05) is 0 Å². The van der Waals surface area contributed by atoms with Crippen LogP contribution in [0.2, 0.25) is 0 Å². The average molecular weight is 418 g/mol. The third kappa shape index (κ3) is 4.75. The maximum absolute atomic E-state index is 13.6. The number of rotatable bonds is 6. The average Bonchev–Trinajstić information content (AvgIpc) is 2.77. The summed E-state index contributed by atoms with van der Waals surface area (Å²) < 4.78 is 58.4. The monoisotopic (exact) mass is 418 g/mol. The summed E-state index contributed by atoms with van der Waals surface area (Å²) in [6, 6.07) is 14.3. The molecule has 9 heteroatoms. The van der Waals surface area contributed by atoms with Crippen molar-refractivity contribution in [3.63, 3.8) is 0 Å². The molecule has 0 aliphatic heterocycles. The van der Waals surface area contributed by atoms with Crippen molar-refractivity contribution < 1.29 is 31.9 Å². The lowest BCUT2D eigenvalue weighted by molar-refractivity contribution is 0.0516. The summed E-state index contributed by atoms with van der Waals surface area (Å²) in [5.41, 5.74) is 6.80. The third-order valence-electron chi connectivity index (χ3n) is 3.94. The van der Waals surface area contributed by atoms with Crippen LogP contribution in [-0.4, -0.2) is 11.8 Å². The highest BCUT2D eigenvalue weighted by atomic mass is 19.2. The molecule has 154 valence electrons. The molecule has 0 amide bonds. The fourth-order valence-corrected chi connectivity index (χ4v) is 2.38. The van der Waals surface area contributed by atoms with Crippen LogP contribution in [0.15, 0.2) is 65.8 Å². The van der Waals surface area contributed by atoms with Crippen molar-refractivity contribution in [1.29, 1.82) is 0 Å². The molecular weight excluding hydrogens is 404 g/mol. The van der Waals surface area contributed by atoms with Gasteiger partial charge in [0, 0.05) is 11.6 Å². The summed E-state index contributed by atoms with van der Waals surface area (Å²) >= 11 is 0. The van der Waals surface area contributed by atoms with Gasteiger partial charge in [-0.15, -0.1) is 0 Å². The lowest BCUT2D eigenvalue weighted by atomic mass is 10.1. The molecule has 0 aromatic heterocycles. The molecule has 0 fully saturated rings. The maximum atomic E-state index is 13.6. The van der Waals surface area contributed by atoms with Gasteiger partial charge in [0.15, 0.2) is 23.2 Å². The van der Waals surface area contributed by atoms with Gasteiger partial charge in [-0.25, -0.2) is 13.6 Å². The van der Waals surface area contributed by atoms with E-state index in [0.29, 0.717) is 11.1 Å². The van der Waals surface area contributed by atoms with Crippen molar-refractivity contribution in [2.24, 2.45) is 10.9 Å². The Labute approximate surface area is 168 Å². The van der Waals surface area contributed by atoms with Crippen molar-refractivity contribution in [1.82, 2.24) is 0 Å². The highest BCUT2D eigenvalue weighted by molar-refractivity contribution is 5.98. The molecular formula is C21H14F4N2O3. The zero-order valence-electron chi connectivity index (χ0n) is 15.2. The zero-order chi connectivity index (χ0) is 21.7. The van der Waals surface area contributed by atoms with E-state index in [0.717, 1.165) is 0 Å². The molecule has 0 heterocycles. The predicted octanol–water partition coefficient (Wildman–Crippen LogP) is 4.30. The Bertz CT molecular complexity index is 1060. The van der Waals surface area contributed by atoms with Crippen LogP contribution in [-0.2, 0) is 11.4 Å². The van der Waals surface area contributed by atoms with Gasteiger partial charge in [-0.05, 0) is 17.7 Å². The van der Waals surface area contributed by atoms with Crippen molar-refractivity contribution in [3.05, 3.63) is 101 Å². The van der Waals surface area contributed by atoms with Gasteiger partial charge in [-0.1, -0.05) is 47.6 Å². The summed E-state index contributed by atoms with van der Waals surface area (Å²) in [5, 5.41) is 3.57. The van der Waals surface area contributed by atoms with Crippen molar-refractivity contribution >= 4 is 11.8 Å². The van der Waals surface area contributed by atoms with Crippen LogP contribution in [0.4, 0.5) is 17.6 Å². The molecule has 5 nitrogen and oxygen atoms in total. The summed E-state index contributed by atoms with van der Waals surface area (Å²) in [6.07, 6.45) is 0. The topological polar surface area (TPSA) is 73.9 Å². The van der Waals surface area contributed by atoms with Crippen LogP contribution in [0.5, 0.6) is 5.75 Å². The van der Waals surface area contributed by atoms with Gasteiger partial charge in [-0.2, -0.15) is 8.78 Å². The standard InChI is InChI=1S/C21H14F4N2O3/c22-15-10-16(23)18(25)19(17(15)24)29-11-12-6-8-14(9-7-12)21(28)30-27-20(26)13-4-2-1-3-5-13/h1-10H,11H2,(H2,26,27). The number of halogens is 4. The molecule has 0 saturated heterocycles. The van der Waals surface area contributed by atoms with Crippen LogP contribution in [0.3, 0.4) is 0 Å². The van der Waals surface area contributed by atoms with Gasteiger partial charge >= 0.3 is 5.97 Å². The molecule has 3 rings (SSSR count). The smallest absolute Gasteiger partial charge is 0.365 e. The molecule has 0 bridgehead atoms. The SMILES string of the molecule is N/C(=N\OC(=O)c1ccc(COc2c(F)c(F)cc(F)c2F)cc1)c1ccccc1. The van der Waals surface area contributed by atoms with E-state index in [9.17, 15) is 22.4 Å². The van der Waals surface area contributed by atoms with Crippen LogP contribution in [0.1, 0.15) is 21.5 Å². The highest BCUT2D eigenvalue weighted by Crippen LogP contribution is 2.27. The molecule has 30 heavy (non-hydrogen) atoms. The number of ether oxygens (including phenoxy) is 1. The number of oxime groups is 1. The van der Waals surface area contributed by atoms with E-state index in [1.807, 2.05) is 0 Å². The minimum Gasteiger partial charge on any atom is -0.483 e. The Balaban J connectivity index is 1.63. The Morgan fingerprint density at radius 2 is 1.47 bits per heavy atom. The molecule has 0 radical (unpaired) electrons. The van der Waals surface area contributed by atoms with Crippen molar-refractivity contribution in [3.8, 4) is 5.75 Å².